The van der Waals surface area contributed by atoms with E-state index in [2.05, 4.69) is 15.6 Å². The van der Waals surface area contributed by atoms with E-state index in [1.807, 2.05) is 20.8 Å². The number of aryl methyl sites for hydroxylation is 1. The average molecular weight is 317 g/mol. The summed E-state index contributed by atoms with van der Waals surface area (Å²) in [5.41, 5.74) is 3.29. The summed E-state index contributed by atoms with van der Waals surface area (Å²) in [4.78, 5) is 4.44. The monoisotopic (exact) mass is 317 g/mol. The van der Waals surface area contributed by atoms with E-state index in [0.29, 0.717) is 17.1 Å². The minimum absolute atomic E-state index is 0.330. The van der Waals surface area contributed by atoms with Gasteiger partial charge in [0.2, 0.25) is 0 Å². The Morgan fingerprint density at radius 1 is 1.04 bits per heavy atom. The number of hydrogen-bond donors (Lipinski definition) is 2. The van der Waals surface area contributed by atoms with Crippen LogP contribution in [0.4, 0.5) is 25.8 Å². The van der Waals surface area contributed by atoms with Crippen molar-refractivity contribution in [1.82, 2.24) is 5.32 Å². The van der Waals surface area contributed by atoms with Crippen LogP contribution in [0.15, 0.2) is 35.3 Å². The maximum absolute atomic E-state index is 13.9. The summed E-state index contributed by atoms with van der Waals surface area (Å²) in [7, 11) is 1.78. The molecular formula is C18H21F2N3. The van der Waals surface area contributed by atoms with Crippen molar-refractivity contribution in [3.8, 4) is 0 Å². The number of amidine groups is 1. The number of nitrogens with zero attached hydrogens (tertiary/aromatic N) is 1. The van der Waals surface area contributed by atoms with E-state index in [4.69, 9.17) is 0 Å². The SMILES string of the molecule is CCC(=Nc1cc(F)cc(Nc2cc(C)cc(F)c2)c1C)NC. The summed E-state index contributed by atoms with van der Waals surface area (Å²) < 4.78 is 27.4. The van der Waals surface area contributed by atoms with Crippen molar-refractivity contribution in [2.45, 2.75) is 27.2 Å². The highest BCUT2D eigenvalue weighted by atomic mass is 19.1. The van der Waals surface area contributed by atoms with Gasteiger partial charge in [-0.1, -0.05) is 6.92 Å². The molecule has 0 saturated carbocycles. The molecule has 0 unspecified atom stereocenters. The number of nitrogens with one attached hydrogen (secondary N) is 2. The molecule has 0 atom stereocenters. The van der Waals surface area contributed by atoms with Gasteiger partial charge in [-0.3, -0.25) is 0 Å². The Labute approximate surface area is 135 Å². The predicted molar refractivity (Wildman–Crippen MR) is 92.0 cm³/mol. The second kappa shape index (κ2) is 7.22. The van der Waals surface area contributed by atoms with Crippen LogP contribution in [0.25, 0.3) is 0 Å². The Morgan fingerprint density at radius 2 is 1.74 bits per heavy atom. The zero-order valence-corrected chi connectivity index (χ0v) is 13.8. The Morgan fingerprint density at radius 3 is 2.35 bits per heavy atom. The van der Waals surface area contributed by atoms with Crippen LogP contribution in [-0.2, 0) is 0 Å². The number of hydrogen-bond acceptors (Lipinski definition) is 2. The summed E-state index contributed by atoms with van der Waals surface area (Å²) in [5.74, 6) is 0.0473. The van der Waals surface area contributed by atoms with E-state index in [0.717, 1.165) is 23.4 Å². The fourth-order valence-corrected chi connectivity index (χ4v) is 2.33. The molecule has 0 aromatic heterocycles. The van der Waals surface area contributed by atoms with Crippen LogP contribution in [0.1, 0.15) is 24.5 Å². The largest absolute Gasteiger partial charge is 0.377 e. The minimum Gasteiger partial charge on any atom is -0.377 e. The summed E-state index contributed by atoms with van der Waals surface area (Å²) >= 11 is 0. The summed E-state index contributed by atoms with van der Waals surface area (Å²) in [6.07, 6.45) is 0.721. The van der Waals surface area contributed by atoms with Gasteiger partial charge in [0.25, 0.3) is 0 Å². The van der Waals surface area contributed by atoms with Crippen LogP contribution in [0.2, 0.25) is 0 Å². The molecule has 0 fully saturated rings. The number of aliphatic imine (C=N–C) groups is 1. The van der Waals surface area contributed by atoms with Crippen molar-refractivity contribution in [3.63, 3.8) is 0 Å². The maximum Gasteiger partial charge on any atom is 0.127 e. The molecule has 23 heavy (non-hydrogen) atoms. The molecule has 0 amide bonds. The highest BCUT2D eigenvalue weighted by Crippen LogP contribution is 2.30. The van der Waals surface area contributed by atoms with Crippen molar-refractivity contribution >= 4 is 22.9 Å². The maximum atomic E-state index is 13.9. The van der Waals surface area contributed by atoms with Crippen LogP contribution in [0, 0.1) is 25.5 Å². The third kappa shape index (κ3) is 4.28. The molecule has 0 aliphatic carbocycles. The lowest BCUT2D eigenvalue weighted by atomic mass is 10.1. The van der Waals surface area contributed by atoms with Gasteiger partial charge in [0.05, 0.1) is 5.69 Å². The molecule has 2 rings (SSSR count). The van der Waals surface area contributed by atoms with Crippen LogP contribution >= 0.6 is 0 Å². The molecule has 0 aliphatic rings. The van der Waals surface area contributed by atoms with Gasteiger partial charge in [0, 0.05) is 24.8 Å². The first-order chi connectivity index (χ1) is 10.9. The molecule has 2 aromatic rings. The van der Waals surface area contributed by atoms with Gasteiger partial charge in [-0.15, -0.1) is 0 Å². The van der Waals surface area contributed by atoms with Gasteiger partial charge in [-0.25, -0.2) is 13.8 Å². The molecular weight excluding hydrogens is 296 g/mol. The summed E-state index contributed by atoms with van der Waals surface area (Å²) in [5, 5.41) is 6.06. The van der Waals surface area contributed by atoms with E-state index in [1.54, 1.807) is 13.1 Å². The van der Waals surface area contributed by atoms with Gasteiger partial charge < -0.3 is 10.6 Å². The number of halogens is 2. The second-order valence-corrected chi connectivity index (χ2v) is 5.40. The Bertz CT molecular complexity index is 713. The molecule has 0 aliphatic heterocycles. The van der Waals surface area contributed by atoms with Crippen molar-refractivity contribution in [1.29, 1.82) is 0 Å². The fourth-order valence-electron chi connectivity index (χ4n) is 2.33. The first-order valence-corrected chi connectivity index (χ1v) is 7.52. The van der Waals surface area contributed by atoms with Crippen LogP contribution in [0.3, 0.4) is 0 Å². The van der Waals surface area contributed by atoms with E-state index in [-0.39, 0.29) is 5.82 Å². The van der Waals surface area contributed by atoms with E-state index in [1.165, 1.54) is 24.3 Å². The third-order valence-corrected chi connectivity index (χ3v) is 3.55. The Hall–Kier alpha value is -2.43. The topological polar surface area (TPSA) is 36.4 Å². The van der Waals surface area contributed by atoms with Crippen molar-refractivity contribution in [2.75, 3.05) is 12.4 Å². The predicted octanol–water partition coefficient (Wildman–Crippen LogP) is 4.98. The van der Waals surface area contributed by atoms with E-state index < -0.39 is 5.82 Å². The first-order valence-electron chi connectivity index (χ1n) is 7.52. The van der Waals surface area contributed by atoms with Crippen molar-refractivity contribution < 1.29 is 8.78 Å². The number of benzene rings is 2. The van der Waals surface area contributed by atoms with E-state index in [9.17, 15) is 8.78 Å². The lowest BCUT2D eigenvalue weighted by Crippen LogP contribution is -2.16. The molecule has 122 valence electrons. The van der Waals surface area contributed by atoms with E-state index >= 15 is 0 Å². The van der Waals surface area contributed by atoms with Crippen molar-refractivity contribution in [3.05, 3.63) is 53.1 Å². The van der Waals surface area contributed by atoms with Gasteiger partial charge in [0.15, 0.2) is 0 Å². The molecule has 0 spiro atoms. The summed E-state index contributed by atoms with van der Waals surface area (Å²) in [6, 6.07) is 7.41. The zero-order valence-electron chi connectivity index (χ0n) is 13.8. The third-order valence-electron chi connectivity index (χ3n) is 3.55. The summed E-state index contributed by atoms with van der Waals surface area (Å²) in [6.45, 7) is 5.64. The quantitative estimate of drug-likeness (QED) is 0.616. The number of anilines is 2. The fraction of sp³-hybridized carbons (Fsp3) is 0.278. The van der Waals surface area contributed by atoms with Gasteiger partial charge in [-0.05, 0) is 55.3 Å². The molecule has 5 heteroatoms. The average Bonchev–Trinajstić information content (AvgIpc) is 2.48. The molecule has 0 bridgehead atoms. The normalized spacial score (nSPS) is 11.5. The standard InChI is InChI=1S/C18H21F2N3/c1-5-18(21-4)23-17-10-14(20)9-16(12(17)3)22-15-7-11(2)6-13(19)8-15/h6-10,22H,5H2,1-4H3,(H,21,23). The van der Waals surface area contributed by atoms with Crippen LogP contribution in [-0.4, -0.2) is 12.9 Å². The highest BCUT2D eigenvalue weighted by molar-refractivity contribution is 5.85. The zero-order chi connectivity index (χ0) is 17.0. The Balaban J connectivity index is 2.43. The van der Waals surface area contributed by atoms with Crippen LogP contribution in [0.5, 0.6) is 0 Å². The number of rotatable bonds is 4. The first kappa shape index (κ1) is 16.9. The lowest BCUT2D eigenvalue weighted by molar-refractivity contribution is 0.627. The highest BCUT2D eigenvalue weighted by Gasteiger charge is 2.09. The molecule has 0 radical (unpaired) electrons. The van der Waals surface area contributed by atoms with Gasteiger partial charge in [-0.2, -0.15) is 0 Å². The molecule has 2 aromatic carbocycles. The molecule has 0 heterocycles. The Kier molecular flexibility index (Phi) is 5.32. The van der Waals surface area contributed by atoms with Crippen molar-refractivity contribution in [2.24, 2.45) is 4.99 Å². The molecule has 3 nitrogen and oxygen atoms in total. The second-order valence-electron chi connectivity index (χ2n) is 5.40. The van der Waals surface area contributed by atoms with Crippen LogP contribution < -0.4 is 10.6 Å². The smallest absolute Gasteiger partial charge is 0.127 e. The molecule has 0 saturated heterocycles. The van der Waals surface area contributed by atoms with Gasteiger partial charge >= 0.3 is 0 Å². The lowest BCUT2D eigenvalue weighted by Gasteiger charge is -2.13. The minimum atomic E-state index is -0.392. The van der Waals surface area contributed by atoms with Gasteiger partial charge in [0.1, 0.15) is 17.5 Å². The molecule has 2 N–H and O–H groups in total.